The summed E-state index contributed by atoms with van der Waals surface area (Å²) in [7, 11) is 0. The van der Waals surface area contributed by atoms with Gasteiger partial charge in [-0.2, -0.15) is 12.6 Å². The molecule has 0 bridgehead atoms. The van der Waals surface area contributed by atoms with Crippen LogP contribution >= 0.6 is 12.6 Å². The van der Waals surface area contributed by atoms with Crippen LogP contribution in [0.2, 0.25) is 0 Å². The number of nitrogens with one attached hydrogen (secondary N) is 2. The molecule has 0 spiro atoms. The van der Waals surface area contributed by atoms with Gasteiger partial charge in [0.1, 0.15) is 0 Å². The van der Waals surface area contributed by atoms with Crippen LogP contribution in [0, 0.1) is 5.92 Å². The van der Waals surface area contributed by atoms with E-state index in [0.717, 1.165) is 5.56 Å². The minimum absolute atomic E-state index is 0.281. The van der Waals surface area contributed by atoms with Gasteiger partial charge in [-0.25, -0.2) is 0 Å². The summed E-state index contributed by atoms with van der Waals surface area (Å²) >= 11 is 4.16. The third-order valence-corrected chi connectivity index (χ3v) is 3.46. The van der Waals surface area contributed by atoms with Gasteiger partial charge < -0.3 is 11.1 Å². The van der Waals surface area contributed by atoms with Crippen molar-refractivity contribution >= 4 is 30.4 Å². The van der Waals surface area contributed by atoms with E-state index in [1.807, 2.05) is 30.3 Å². The molecule has 7 heteroatoms. The van der Waals surface area contributed by atoms with Crippen molar-refractivity contribution in [3.05, 3.63) is 35.9 Å². The molecule has 0 fully saturated rings. The lowest BCUT2D eigenvalue weighted by molar-refractivity contribution is -0.133. The van der Waals surface area contributed by atoms with Crippen molar-refractivity contribution in [3.8, 4) is 0 Å². The summed E-state index contributed by atoms with van der Waals surface area (Å²) in [4.78, 5) is 34.9. The standard InChI is InChI=1S/C15H21N3O3S/c1-10(16)14(20)17-8-13(19)18-15(21)12(9-22)7-11-5-3-2-4-6-11/h2-6,10,12,22H,7-9,16H2,1H3,(H,17,20)(H,18,19,21)/t10-,12?/m0/s1. The second kappa shape index (κ2) is 9.22. The van der Waals surface area contributed by atoms with Crippen LogP contribution < -0.4 is 16.4 Å². The summed E-state index contributed by atoms with van der Waals surface area (Å²) in [6.07, 6.45) is 0.496. The summed E-state index contributed by atoms with van der Waals surface area (Å²) in [6.45, 7) is 1.23. The number of thiol groups is 1. The zero-order valence-corrected chi connectivity index (χ0v) is 13.3. The van der Waals surface area contributed by atoms with Crippen molar-refractivity contribution in [2.75, 3.05) is 12.3 Å². The maximum absolute atomic E-state index is 12.0. The molecule has 0 heterocycles. The fourth-order valence-electron chi connectivity index (χ4n) is 1.75. The fraction of sp³-hybridized carbons (Fsp3) is 0.400. The van der Waals surface area contributed by atoms with Crippen LogP contribution in [-0.2, 0) is 20.8 Å². The number of imide groups is 1. The smallest absolute Gasteiger partial charge is 0.245 e. The number of amides is 3. The van der Waals surface area contributed by atoms with Gasteiger partial charge in [-0.05, 0) is 18.9 Å². The molecule has 0 saturated heterocycles. The monoisotopic (exact) mass is 323 g/mol. The van der Waals surface area contributed by atoms with Crippen LogP contribution in [0.1, 0.15) is 12.5 Å². The lowest BCUT2D eigenvalue weighted by atomic mass is 10.0. The minimum Gasteiger partial charge on any atom is -0.346 e. The maximum atomic E-state index is 12.0. The predicted octanol–water partition coefficient (Wildman–Crippen LogP) is -0.119. The van der Waals surface area contributed by atoms with Gasteiger partial charge in [0.05, 0.1) is 18.5 Å². The summed E-state index contributed by atoms with van der Waals surface area (Å²) in [6, 6.07) is 8.79. The number of rotatable bonds is 7. The first kappa shape index (κ1) is 18.2. The first-order chi connectivity index (χ1) is 10.4. The molecule has 0 aliphatic heterocycles. The lowest BCUT2D eigenvalue weighted by Gasteiger charge is -2.14. The highest BCUT2D eigenvalue weighted by molar-refractivity contribution is 7.80. The highest BCUT2D eigenvalue weighted by Crippen LogP contribution is 2.10. The first-order valence-electron chi connectivity index (χ1n) is 6.95. The normalized spacial score (nSPS) is 13.0. The Morgan fingerprint density at radius 3 is 2.36 bits per heavy atom. The molecule has 120 valence electrons. The van der Waals surface area contributed by atoms with Gasteiger partial charge in [0, 0.05) is 5.75 Å². The number of hydrogen-bond acceptors (Lipinski definition) is 5. The van der Waals surface area contributed by atoms with E-state index in [1.54, 1.807) is 0 Å². The van der Waals surface area contributed by atoms with E-state index in [0.29, 0.717) is 12.2 Å². The second-order valence-corrected chi connectivity index (χ2v) is 5.35. The van der Waals surface area contributed by atoms with Gasteiger partial charge in [0.15, 0.2) is 0 Å². The average molecular weight is 323 g/mol. The number of hydrogen-bond donors (Lipinski definition) is 4. The Balaban J connectivity index is 2.47. The number of nitrogens with two attached hydrogens (primary N) is 1. The zero-order chi connectivity index (χ0) is 16.5. The first-order valence-corrected chi connectivity index (χ1v) is 7.59. The molecule has 6 nitrogen and oxygen atoms in total. The van der Waals surface area contributed by atoms with Crippen LogP contribution in [0.25, 0.3) is 0 Å². The zero-order valence-electron chi connectivity index (χ0n) is 12.4. The minimum atomic E-state index is -0.702. The van der Waals surface area contributed by atoms with Crippen LogP contribution in [-0.4, -0.2) is 36.1 Å². The van der Waals surface area contributed by atoms with Crippen molar-refractivity contribution in [2.45, 2.75) is 19.4 Å². The van der Waals surface area contributed by atoms with Crippen molar-refractivity contribution in [1.82, 2.24) is 10.6 Å². The number of carbonyl (C=O) groups excluding carboxylic acids is 3. The SMILES string of the molecule is C[C@H](N)C(=O)NCC(=O)NC(=O)C(CS)Cc1ccccc1. The van der Waals surface area contributed by atoms with E-state index >= 15 is 0 Å². The molecule has 1 unspecified atom stereocenters. The third kappa shape index (κ3) is 6.28. The molecule has 0 aliphatic carbocycles. The topological polar surface area (TPSA) is 101 Å². The molecule has 22 heavy (non-hydrogen) atoms. The van der Waals surface area contributed by atoms with Gasteiger partial charge >= 0.3 is 0 Å². The van der Waals surface area contributed by atoms with Crippen molar-refractivity contribution in [2.24, 2.45) is 11.7 Å². The van der Waals surface area contributed by atoms with Gasteiger partial charge in [0.25, 0.3) is 0 Å². The molecule has 4 N–H and O–H groups in total. The number of benzene rings is 1. The lowest BCUT2D eigenvalue weighted by Crippen LogP contribution is -2.46. The van der Waals surface area contributed by atoms with Crippen molar-refractivity contribution < 1.29 is 14.4 Å². The van der Waals surface area contributed by atoms with Crippen LogP contribution in [0.15, 0.2) is 30.3 Å². The molecule has 0 aromatic heterocycles. The molecule has 1 aromatic carbocycles. The Kier molecular flexibility index (Phi) is 7.62. The van der Waals surface area contributed by atoms with E-state index in [9.17, 15) is 14.4 Å². The summed E-state index contributed by atoms with van der Waals surface area (Å²) in [5, 5.41) is 4.61. The Bertz CT molecular complexity index is 520. The highest BCUT2D eigenvalue weighted by atomic mass is 32.1. The van der Waals surface area contributed by atoms with E-state index in [4.69, 9.17) is 5.73 Å². The van der Waals surface area contributed by atoms with Crippen LogP contribution in [0.3, 0.4) is 0 Å². The molecule has 2 atom stereocenters. The molecule has 1 rings (SSSR count). The van der Waals surface area contributed by atoms with E-state index in [1.165, 1.54) is 6.92 Å². The Hall–Kier alpha value is -1.86. The summed E-state index contributed by atoms with van der Waals surface area (Å²) in [5.41, 5.74) is 6.35. The Morgan fingerprint density at radius 1 is 1.18 bits per heavy atom. The third-order valence-electron chi connectivity index (χ3n) is 3.02. The Morgan fingerprint density at radius 2 is 1.82 bits per heavy atom. The molecule has 3 amide bonds. The van der Waals surface area contributed by atoms with Gasteiger partial charge in [-0.15, -0.1) is 0 Å². The van der Waals surface area contributed by atoms with Gasteiger partial charge in [-0.3, -0.25) is 19.7 Å². The van der Waals surface area contributed by atoms with Crippen molar-refractivity contribution in [3.63, 3.8) is 0 Å². The van der Waals surface area contributed by atoms with Gasteiger partial charge in [-0.1, -0.05) is 30.3 Å². The second-order valence-electron chi connectivity index (χ2n) is 4.99. The molecule has 0 radical (unpaired) electrons. The predicted molar refractivity (Wildman–Crippen MR) is 87.3 cm³/mol. The number of carbonyl (C=O) groups is 3. The summed E-state index contributed by atoms with van der Waals surface area (Å²) in [5.74, 6) is -1.52. The molecule has 0 saturated carbocycles. The molecule has 0 aliphatic rings. The molecule has 1 aromatic rings. The van der Waals surface area contributed by atoms with Gasteiger partial charge in [0.2, 0.25) is 17.7 Å². The molecular formula is C15H21N3O3S. The van der Waals surface area contributed by atoms with Crippen LogP contribution in [0.5, 0.6) is 0 Å². The molecular weight excluding hydrogens is 302 g/mol. The van der Waals surface area contributed by atoms with Crippen molar-refractivity contribution in [1.29, 1.82) is 0 Å². The fourth-order valence-corrected chi connectivity index (χ4v) is 2.05. The Labute approximate surface area is 135 Å². The summed E-state index contributed by atoms with van der Waals surface area (Å²) < 4.78 is 0. The largest absolute Gasteiger partial charge is 0.346 e. The van der Waals surface area contributed by atoms with E-state index in [2.05, 4.69) is 23.3 Å². The quantitative estimate of drug-likeness (QED) is 0.526. The van der Waals surface area contributed by atoms with Crippen LogP contribution in [0.4, 0.5) is 0 Å². The highest BCUT2D eigenvalue weighted by Gasteiger charge is 2.20. The maximum Gasteiger partial charge on any atom is 0.245 e. The average Bonchev–Trinajstić information content (AvgIpc) is 2.50. The van der Waals surface area contributed by atoms with E-state index in [-0.39, 0.29) is 6.54 Å². The van der Waals surface area contributed by atoms with E-state index < -0.39 is 29.7 Å².